The van der Waals surface area contributed by atoms with Crippen molar-refractivity contribution >= 4 is 5.96 Å². The number of nitrogens with one attached hydrogen (secondary N) is 1. The monoisotopic (exact) mass is 277 g/mol. The highest BCUT2D eigenvalue weighted by molar-refractivity contribution is 5.78. The first-order valence-electron chi connectivity index (χ1n) is 7.15. The molecule has 1 aromatic carbocycles. The van der Waals surface area contributed by atoms with Gasteiger partial charge in [-0.05, 0) is 51.3 Å². The van der Waals surface area contributed by atoms with Crippen LogP contribution in [0.25, 0.3) is 0 Å². The maximum absolute atomic E-state index is 13.0. The number of nitrogens with two attached hydrogens (primary N) is 1. The molecule has 1 aliphatic rings. The Morgan fingerprint density at radius 2 is 1.90 bits per heavy atom. The van der Waals surface area contributed by atoms with Gasteiger partial charge in [0.1, 0.15) is 5.82 Å². The number of hydrogen-bond donors (Lipinski definition) is 2. The van der Waals surface area contributed by atoms with E-state index in [1.807, 2.05) is 12.1 Å². The minimum atomic E-state index is -0.194. The summed E-state index contributed by atoms with van der Waals surface area (Å²) in [4.78, 5) is 4.49. The Balaban J connectivity index is 2.09. The third kappa shape index (κ3) is 3.50. The first kappa shape index (κ1) is 14.8. The standard InChI is InChI=1S/C16H24FN3/c1-15(2,3)20-14(18)19-11-16(9-4-10-16)12-5-7-13(17)8-6-12/h5-8H,4,9-11H2,1-3H3,(H3,18,19,20). The van der Waals surface area contributed by atoms with Crippen LogP contribution >= 0.6 is 0 Å². The Hall–Kier alpha value is -1.58. The summed E-state index contributed by atoms with van der Waals surface area (Å²) in [6, 6.07) is 6.79. The van der Waals surface area contributed by atoms with E-state index < -0.39 is 0 Å². The van der Waals surface area contributed by atoms with Crippen molar-refractivity contribution in [1.29, 1.82) is 0 Å². The highest BCUT2D eigenvalue weighted by atomic mass is 19.1. The van der Waals surface area contributed by atoms with Crippen molar-refractivity contribution in [2.75, 3.05) is 6.54 Å². The van der Waals surface area contributed by atoms with Crippen LogP contribution in [0.4, 0.5) is 4.39 Å². The van der Waals surface area contributed by atoms with Gasteiger partial charge in [-0.25, -0.2) is 4.39 Å². The lowest BCUT2D eigenvalue weighted by Crippen LogP contribution is -2.46. The lowest BCUT2D eigenvalue weighted by molar-refractivity contribution is 0.253. The molecule has 0 aromatic heterocycles. The number of guanidine groups is 1. The number of benzene rings is 1. The third-order valence-corrected chi connectivity index (χ3v) is 3.82. The third-order valence-electron chi connectivity index (χ3n) is 3.82. The van der Waals surface area contributed by atoms with Crippen LogP contribution in [-0.4, -0.2) is 18.0 Å². The fourth-order valence-corrected chi connectivity index (χ4v) is 2.61. The number of aliphatic imine (C=N–C) groups is 1. The Bertz CT molecular complexity index is 481. The maximum atomic E-state index is 13.0. The molecule has 0 spiro atoms. The summed E-state index contributed by atoms with van der Waals surface area (Å²) >= 11 is 0. The van der Waals surface area contributed by atoms with Gasteiger partial charge >= 0.3 is 0 Å². The largest absolute Gasteiger partial charge is 0.370 e. The van der Waals surface area contributed by atoms with Crippen LogP contribution < -0.4 is 11.1 Å². The van der Waals surface area contributed by atoms with Gasteiger partial charge in [0.2, 0.25) is 0 Å². The number of halogens is 1. The second-order valence-electron chi connectivity index (χ2n) is 6.72. The molecule has 0 amide bonds. The van der Waals surface area contributed by atoms with Crippen LogP contribution in [0.1, 0.15) is 45.6 Å². The Morgan fingerprint density at radius 3 is 2.35 bits per heavy atom. The molecule has 20 heavy (non-hydrogen) atoms. The zero-order chi connectivity index (χ0) is 14.8. The molecule has 0 bridgehead atoms. The Labute approximate surface area is 120 Å². The molecule has 1 fully saturated rings. The second kappa shape index (κ2) is 5.43. The van der Waals surface area contributed by atoms with E-state index in [1.165, 1.54) is 18.6 Å². The Kier molecular flexibility index (Phi) is 4.02. The maximum Gasteiger partial charge on any atom is 0.189 e. The molecule has 0 saturated heterocycles. The minimum absolute atomic E-state index is 0.0396. The van der Waals surface area contributed by atoms with Crippen LogP contribution in [0.3, 0.4) is 0 Å². The van der Waals surface area contributed by atoms with Gasteiger partial charge < -0.3 is 11.1 Å². The first-order chi connectivity index (χ1) is 9.31. The molecule has 2 rings (SSSR count). The molecule has 0 radical (unpaired) electrons. The lowest BCUT2D eigenvalue weighted by Gasteiger charge is -2.41. The van der Waals surface area contributed by atoms with Crippen LogP contribution in [0, 0.1) is 5.82 Å². The molecule has 0 aliphatic heterocycles. The van der Waals surface area contributed by atoms with Gasteiger partial charge in [0.15, 0.2) is 5.96 Å². The van der Waals surface area contributed by atoms with E-state index in [0.717, 1.165) is 18.4 Å². The molecule has 1 aliphatic carbocycles. The molecule has 0 atom stereocenters. The second-order valence-corrected chi connectivity index (χ2v) is 6.72. The summed E-state index contributed by atoms with van der Waals surface area (Å²) in [7, 11) is 0. The molecular weight excluding hydrogens is 253 g/mol. The number of nitrogens with zero attached hydrogens (tertiary/aromatic N) is 1. The average molecular weight is 277 g/mol. The molecular formula is C16H24FN3. The van der Waals surface area contributed by atoms with Gasteiger partial charge in [0.25, 0.3) is 0 Å². The van der Waals surface area contributed by atoms with Gasteiger partial charge in [-0.3, -0.25) is 4.99 Å². The fourth-order valence-electron chi connectivity index (χ4n) is 2.61. The van der Waals surface area contributed by atoms with Crippen molar-refractivity contribution in [2.24, 2.45) is 10.7 Å². The quantitative estimate of drug-likeness (QED) is 0.659. The zero-order valence-corrected chi connectivity index (χ0v) is 12.5. The van der Waals surface area contributed by atoms with E-state index in [-0.39, 0.29) is 16.8 Å². The molecule has 110 valence electrons. The molecule has 1 aromatic rings. The van der Waals surface area contributed by atoms with E-state index >= 15 is 0 Å². The molecule has 3 nitrogen and oxygen atoms in total. The van der Waals surface area contributed by atoms with Crippen molar-refractivity contribution in [1.82, 2.24) is 5.32 Å². The first-order valence-corrected chi connectivity index (χ1v) is 7.15. The van der Waals surface area contributed by atoms with E-state index in [2.05, 4.69) is 31.1 Å². The SMILES string of the molecule is CC(C)(C)NC(N)=NCC1(c2ccc(F)cc2)CCC1. The van der Waals surface area contributed by atoms with Crippen LogP contribution in [0.5, 0.6) is 0 Å². The highest BCUT2D eigenvalue weighted by Crippen LogP contribution is 2.43. The van der Waals surface area contributed by atoms with Crippen molar-refractivity contribution in [3.05, 3.63) is 35.6 Å². The summed E-state index contributed by atoms with van der Waals surface area (Å²) < 4.78 is 13.0. The van der Waals surface area contributed by atoms with E-state index in [9.17, 15) is 4.39 Å². The minimum Gasteiger partial charge on any atom is -0.370 e. The van der Waals surface area contributed by atoms with Crippen LogP contribution in [0.2, 0.25) is 0 Å². The normalized spacial score (nSPS) is 18.5. The molecule has 4 heteroatoms. The predicted molar refractivity (Wildman–Crippen MR) is 81.3 cm³/mol. The van der Waals surface area contributed by atoms with Gasteiger partial charge in [-0.1, -0.05) is 18.6 Å². The number of hydrogen-bond acceptors (Lipinski definition) is 1. The fraction of sp³-hybridized carbons (Fsp3) is 0.562. The van der Waals surface area contributed by atoms with Gasteiger partial charge in [-0.15, -0.1) is 0 Å². The summed E-state index contributed by atoms with van der Waals surface area (Å²) in [5.74, 6) is 0.284. The summed E-state index contributed by atoms with van der Waals surface area (Å²) in [6.07, 6.45) is 3.37. The number of rotatable bonds is 3. The molecule has 3 N–H and O–H groups in total. The molecule has 0 unspecified atom stereocenters. The smallest absolute Gasteiger partial charge is 0.189 e. The lowest BCUT2D eigenvalue weighted by atomic mass is 9.64. The predicted octanol–water partition coefficient (Wildman–Crippen LogP) is 2.95. The Morgan fingerprint density at radius 1 is 1.30 bits per heavy atom. The van der Waals surface area contributed by atoms with Crippen LogP contribution in [-0.2, 0) is 5.41 Å². The molecule has 0 heterocycles. The van der Waals surface area contributed by atoms with Gasteiger partial charge in [-0.2, -0.15) is 0 Å². The summed E-state index contributed by atoms with van der Waals surface area (Å²) in [5.41, 5.74) is 7.04. The summed E-state index contributed by atoms with van der Waals surface area (Å²) in [6.45, 7) is 6.81. The zero-order valence-electron chi connectivity index (χ0n) is 12.5. The van der Waals surface area contributed by atoms with Crippen molar-refractivity contribution in [3.63, 3.8) is 0 Å². The highest BCUT2D eigenvalue weighted by Gasteiger charge is 2.38. The van der Waals surface area contributed by atoms with Crippen LogP contribution in [0.15, 0.2) is 29.3 Å². The van der Waals surface area contributed by atoms with Gasteiger partial charge in [0, 0.05) is 11.0 Å². The van der Waals surface area contributed by atoms with E-state index in [1.54, 1.807) is 0 Å². The van der Waals surface area contributed by atoms with Crippen molar-refractivity contribution in [2.45, 2.75) is 51.0 Å². The van der Waals surface area contributed by atoms with Crippen molar-refractivity contribution < 1.29 is 4.39 Å². The summed E-state index contributed by atoms with van der Waals surface area (Å²) in [5, 5.41) is 3.17. The van der Waals surface area contributed by atoms with E-state index in [4.69, 9.17) is 5.73 Å². The van der Waals surface area contributed by atoms with Gasteiger partial charge in [0.05, 0.1) is 6.54 Å². The van der Waals surface area contributed by atoms with Crippen molar-refractivity contribution in [3.8, 4) is 0 Å². The topological polar surface area (TPSA) is 50.4 Å². The molecule has 1 saturated carbocycles. The van der Waals surface area contributed by atoms with E-state index in [0.29, 0.717) is 12.5 Å². The average Bonchev–Trinajstić information content (AvgIpc) is 2.27.